The molecule has 0 aromatic carbocycles. The number of esters is 3. The van der Waals surface area contributed by atoms with E-state index in [0.29, 0.717) is 12.8 Å². The molecule has 0 saturated carbocycles. The molecule has 0 aromatic heterocycles. The zero-order chi connectivity index (χ0) is 48.6. The molecule has 0 radical (unpaired) electrons. The fraction of sp³-hybridized carbons (Fsp3) is 0.689. The van der Waals surface area contributed by atoms with E-state index in [-0.39, 0.29) is 44.0 Å². The maximum atomic E-state index is 12.8. The van der Waals surface area contributed by atoms with Crippen LogP contribution in [0, 0.1) is 0 Å². The van der Waals surface area contributed by atoms with Crippen molar-refractivity contribution in [1.82, 2.24) is 0 Å². The van der Waals surface area contributed by atoms with E-state index in [1.807, 2.05) is 12.2 Å². The third kappa shape index (κ3) is 53.2. The monoisotopic (exact) mass is 931 g/mol. The van der Waals surface area contributed by atoms with Gasteiger partial charge in [0.1, 0.15) is 13.2 Å². The molecule has 0 spiro atoms. The molecule has 0 aromatic rings. The Morgan fingerprint density at radius 2 is 0.612 bits per heavy atom. The van der Waals surface area contributed by atoms with E-state index < -0.39 is 6.10 Å². The van der Waals surface area contributed by atoms with Gasteiger partial charge in [0.2, 0.25) is 0 Å². The summed E-state index contributed by atoms with van der Waals surface area (Å²) in [7, 11) is 0. The van der Waals surface area contributed by atoms with Crippen LogP contribution in [-0.2, 0) is 28.6 Å². The molecule has 0 N–H and O–H groups in total. The molecule has 1 unspecified atom stereocenters. The SMILES string of the molecule is CC/C=C\C/C=C\C/C=C\C/C=C\CCCCCCC(=O)OC(COC(=O)CC/C=C\C/C=C\C/C=C\C/C=C\CC)COC(=O)CCCCCCCCCCCCCCCCCCCCC. The second-order valence-corrected chi connectivity index (χ2v) is 18.1. The van der Waals surface area contributed by atoms with E-state index in [4.69, 9.17) is 14.2 Å². The Hall–Kier alpha value is -3.67. The van der Waals surface area contributed by atoms with E-state index in [1.165, 1.54) is 103 Å². The standard InChI is InChI=1S/C61H102O6/c1-4-7-10-13-16-19-22-25-27-29-30-32-33-36-39-42-45-48-51-54-60(63)66-57-58(56-65-59(62)53-50-47-44-41-38-35-24-21-18-15-12-9-6-3)67-61(64)55-52-49-46-43-40-37-34-31-28-26-23-20-17-14-11-8-5-2/h8-9,11-12,17-18,20-21,26,28,34-35,37-38,44,47,58H,4-7,10,13-16,19,22-25,27,29-33,36,39-43,45-46,48-57H2,1-3H3/b11-8-,12-9-,20-17-,21-18-,28-26-,37-34-,38-35-,47-44-. The van der Waals surface area contributed by atoms with E-state index in [0.717, 1.165) is 103 Å². The number of carbonyl (C=O) groups excluding carboxylic acids is 3. The van der Waals surface area contributed by atoms with Crippen LogP contribution in [0.25, 0.3) is 0 Å². The molecule has 0 rings (SSSR count). The predicted molar refractivity (Wildman–Crippen MR) is 288 cm³/mol. The van der Waals surface area contributed by atoms with Crippen molar-refractivity contribution in [1.29, 1.82) is 0 Å². The van der Waals surface area contributed by atoms with E-state index >= 15 is 0 Å². The average Bonchev–Trinajstić information content (AvgIpc) is 3.33. The normalized spacial score (nSPS) is 12.8. The van der Waals surface area contributed by atoms with Gasteiger partial charge in [0.25, 0.3) is 0 Å². The van der Waals surface area contributed by atoms with Crippen LogP contribution in [0.5, 0.6) is 0 Å². The van der Waals surface area contributed by atoms with Crippen LogP contribution >= 0.6 is 0 Å². The zero-order valence-corrected chi connectivity index (χ0v) is 43.6. The average molecular weight is 931 g/mol. The lowest BCUT2D eigenvalue weighted by atomic mass is 10.0. The van der Waals surface area contributed by atoms with Crippen LogP contribution in [0.15, 0.2) is 97.2 Å². The number of carbonyl (C=O) groups is 3. The van der Waals surface area contributed by atoms with Gasteiger partial charge in [0, 0.05) is 19.3 Å². The van der Waals surface area contributed by atoms with Gasteiger partial charge in [-0.05, 0) is 83.5 Å². The van der Waals surface area contributed by atoms with Gasteiger partial charge in [0.15, 0.2) is 6.10 Å². The number of ether oxygens (including phenoxy) is 3. The topological polar surface area (TPSA) is 78.9 Å². The maximum absolute atomic E-state index is 12.8. The Balaban J connectivity index is 4.45. The molecule has 0 fully saturated rings. The summed E-state index contributed by atoms with van der Waals surface area (Å²) in [5.41, 5.74) is 0. The lowest BCUT2D eigenvalue weighted by molar-refractivity contribution is -0.166. The van der Waals surface area contributed by atoms with Gasteiger partial charge < -0.3 is 14.2 Å². The summed E-state index contributed by atoms with van der Waals surface area (Å²) in [5.74, 6) is -1.02. The fourth-order valence-corrected chi connectivity index (χ4v) is 7.51. The first-order valence-corrected chi connectivity index (χ1v) is 27.7. The summed E-state index contributed by atoms with van der Waals surface area (Å²) in [6.45, 7) is 6.34. The lowest BCUT2D eigenvalue weighted by Gasteiger charge is -2.18. The molecule has 67 heavy (non-hydrogen) atoms. The van der Waals surface area contributed by atoms with Gasteiger partial charge in [-0.1, -0.05) is 246 Å². The molecule has 6 nitrogen and oxygen atoms in total. The van der Waals surface area contributed by atoms with Crippen LogP contribution in [0.1, 0.15) is 252 Å². The molecule has 382 valence electrons. The van der Waals surface area contributed by atoms with Crippen molar-refractivity contribution in [2.24, 2.45) is 0 Å². The Morgan fingerprint density at radius 1 is 0.313 bits per heavy atom. The molecule has 0 heterocycles. The number of allylic oxidation sites excluding steroid dienone is 16. The Kier molecular flexibility index (Phi) is 51.9. The first-order chi connectivity index (χ1) is 33.0. The Morgan fingerprint density at radius 3 is 1.00 bits per heavy atom. The van der Waals surface area contributed by atoms with Crippen LogP contribution < -0.4 is 0 Å². The zero-order valence-electron chi connectivity index (χ0n) is 43.6. The van der Waals surface area contributed by atoms with Crippen LogP contribution in [0.4, 0.5) is 0 Å². The van der Waals surface area contributed by atoms with E-state index in [2.05, 4.69) is 106 Å². The van der Waals surface area contributed by atoms with Crippen LogP contribution in [0.3, 0.4) is 0 Å². The van der Waals surface area contributed by atoms with Crippen molar-refractivity contribution in [2.45, 2.75) is 258 Å². The van der Waals surface area contributed by atoms with Gasteiger partial charge >= 0.3 is 17.9 Å². The minimum absolute atomic E-state index is 0.108. The van der Waals surface area contributed by atoms with Gasteiger partial charge in [-0.2, -0.15) is 0 Å². The molecular formula is C61H102O6. The van der Waals surface area contributed by atoms with Crippen molar-refractivity contribution in [2.75, 3.05) is 13.2 Å². The highest BCUT2D eigenvalue weighted by atomic mass is 16.6. The Labute approximate surface area is 413 Å². The highest BCUT2D eigenvalue weighted by Crippen LogP contribution is 2.16. The molecular weight excluding hydrogens is 829 g/mol. The largest absolute Gasteiger partial charge is 0.462 e. The highest BCUT2D eigenvalue weighted by molar-refractivity contribution is 5.71. The number of unbranched alkanes of at least 4 members (excludes halogenated alkanes) is 22. The van der Waals surface area contributed by atoms with Crippen molar-refractivity contribution in [3.05, 3.63) is 97.2 Å². The first kappa shape index (κ1) is 63.3. The summed E-state index contributed by atoms with van der Waals surface area (Å²) in [6, 6.07) is 0. The molecule has 0 bridgehead atoms. The maximum Gasteiger partial charge on any atom is 0.306 e. The second-order valence-electron chi connectivity index (χ2n) is 18.1. The summed E-state index contributed by atoms with van der Waals surface area (Å²) in [6.07, 6.45) is 72.7. The van der Waals surface area contributed by atoms with E-state index in [9.17, 15) is 14.4 Å². The van der Waals surface area contributed by atoms with Crippen molar-refractivity contribution in [3.8, 4) is 0 Å². The van der Waals surface area contributed by atoms with Crippen molar-refractivity contribution in [3.63, 3.8) is 0 Å². The summed E-state index contributed by atoms with van der Waals surface area (Å²) < 4.78 is 16.7. The van der Waals surface area contributed by atoms with Gasteiger partial charge in [0.05, 0.1) is 0 Å². The predicted octanol–water partition coefficient (Wildman–Crippen LogP) is 18.5. The minimum Gasteiger partial charge on any atom is -0.462 e. The molecule has 0 amide bonds. The molecule has 0 aliphatic carbocycles. The summed E-state index contributed by atoms with van der Waals surface area (Å²) in [4.78, 5) is 38.0. The smallest absolute Gasteiger partial charge is 0.306 e. The Bertz CT molecular complexity index is 1350. The summed E-state index contributed by atoms with van der Waals surface area (Å²) in [5, 5.41) is 0. The summed E-state index contributed by atoms with van der Waals surface area (Å²) >= 11 is 0. The van der Waals surface area contributed by atoms with Crippen molar-refractivity contribution >= 4 is 17.9 Å². The van der Waals surface area contributed by atoms with E-state index in [1.54, 1.807) is 0 Å². The van der Waals surface area contributed by atoms with Crippen LogP contribution in [-0.4, -0.2) is 37.2 Å². The minimum atomic E-state index is -0.818. The van der Waals surface area contributed by atoms with Crippen molar-refractivity contribution < 1.29 is 28.6 Å². The number of rotatable bonds is 49. The highest BCUT2D eigenvalue weighted by Gasteiger charge is 2.19. The van der Waals surface area contributed by atoms with Gasteiger partial charge in [-0.15, -0.1) is 0 Å². The molecule has 6 heteroatoms. The molecule has 0 aliphatic rings. The molecule has 1 atom stereocenters. The lowest BCUT2D eigenvalue weighted by Crippen LogP contribution is -2.30. The third-order valence-corrected chi connectivity index (χ3v) is 11.6. The quantitative estimate of drug-likeness (QED) is 0.0262. The number of hydrogen-bond acceptors (Lipinski definition) is 6. The third-order valence-electron chi connectivity index (χ3n) is 11.6. The van der Waals surface area contributed by atoms with Gasteiger partial charge in [-0.3, -0.25) is 14.4 Å². The van der Waals surface area contributed by atoms with Crippen LogP contribution in [0.2, 0.25) is 0 Å². The second kappa shape index (κ2) is 54.9. The molecule has 0 saturated heterocycles. The van der Waals surface area contributed by atoms with Gasteiger partial charge in [-0.25, -0.2) is 0 Å². The number of hydrogen-bond donors (Lipinski definition) is 0. The molecule has 0 aliphatic heterocycles. The fourth-order valence-electron chi connectivity index (χ4n) is 7.51. The first-order valence-electron chi connectivity index (χ1n) is 27.7.